The molecule has 0 spiro atoms. The van der Waals surface area contributed by atoms with Crippen LogP contribution in [0.2, 0.25) is 38.3 Å². The summed E-state index contributed by atoms with van der Waals surface area (Å²) in [5.74, 6) is 3.28. The quantitative estimate of drug-likeness (QED) is 0.0623. The van der Waals surface area contributed by atoms with Crippen LogP contribution in [-0.4, -0.2) is 97.3 Å². The smallest absolute Gasteiger partial charge is 0.261 e. The molecule has 0 bridgehead atoms. The normalized spacial score (nSPS) is 18.2. The second kappa shape index (κ2) is 23.2. The number of pyridine rings is 2. The maximum Gasteiger partial charge on any atom is 0.261 e. The largest absolute Gasteiger partial charge is 0.543 e. The highest BCUT2D eigenvalue weighted by Crippen LogP contribution is 2.49. The molecule has 3 aliphatic heterocycles. The first-order valence-electron chi connectivity index (χ1n) is 29.6. The topological polar surface area (TPSA) is 69.2 Å². The molecule has 8 nitrogen and oxygen atoms in total. The molecule has 2 atom stereocenters. The van der Waals surface area contributed by atoms with E-state index in [1.54, 1.807) is 6.07 Å². The van der Waals surface area contributed by atoms with Gasteiger partial charge in [-0.3, -0.25) is 4.90 Å². The van der Waals surface area contributed by atoms with Crippen molar-refractivity contribution in [1.29, 1.82) is 0 Å². The Morgan fingerprint density at radius 3 is 1.98 bits per heavy atom. The van der Waals surface area contributed by atoms with Gasteiger partial charge >= 0.3 is 0 Å². The summed E-state index contributed by atoms with van der Waals surface area (Å²) < 4.78 is 79.4. The minimum absolute atomic E-state index is 0.0116. The highest BCUT2D eigenvalue weighted by atomic mass is 28.4. The number of anilines is 1. The Morgan fingerprint density at radius 2 is 1.39 bits per heavy atom. The molecule has 4 aromatic carbocycles. The van der Waals surface area contributed by atoms with Crippen LogP contribution in [-0.2, 0) is 4.43 Å². The molecule has 5 heterocycles. The Labute approximate surface area is 478 Å². The van der Waals surface area contributed by atoms with Crippen LogP contribution >= 0.6 is 0 Å². The number of rotatable bonds is 18. The van der Waals surface area contributed by atoms with Crippen molar-refractivity contribution in [3.8, 4) is 40.2 Å². The van der Waals surface area contributed by atoms with Crippen molar-refractivity contribution in [2.24, 2.45) is 0 Å². The van der Waals surface area contributed by atoms with Crippen LogP contribution in [0.5, 0.6) is 17.5 Å². The first-order valence-corrected chi connectivity index (χ1v) is 35.9. The number of nitrogens with zero attached hydrogens (tertiary/aromatic N) is 4. The number of hydrogen-bond donors (Lipinski definition) is 0. The van der Waals surface area contributed by atoms with Crippen LogP contribution in [0.4, 0.5) is 18.9 Å². The van der Waals surface area contributed by atoms with Crippen molar-refractivity contribution in [2.75, 3.05) is 50.9 Å². The van der Waals surface area contributed by atoms with Crippen LogP contribution in [0.1, 0.15) is 129 Å². The number of hydrogen-bond acceptors (Lipinski definition) is 8. The fraction of sp³-hybridized carbons (Fsp3) is 0.515. The third-order valence-corrected chi connectivity index (χ3v) is 36.0. The van der Waals surface area contributed by atoms with Gasteiger partial charge in [-0.05, 0) is 91.6 Å². The standard InChI is InChI=1S/C66H87F3N4O4Si3/c1-43(2)78(44(3)4,45(5)6)36-29-54-56(68)28-27-49-37-51(77-79(46(7)8,47(9)10)48(11)12)38-55(59(49)54)62-61(69)63-60-57(39-58(70-63)75-42-66-30-22-31-73(66)41-50(67)40-66)72(32-34-74-64(60)71-62)33-35-76-80(65(13,14)15,52-23-18-16-19-24-52)53-25-20-17-21-26-53/h16-21,23-28,37-39,43-48,50H,22,30-35,40-42H2,1-15H3/t50-,66+/m1/s1. The number of benzene rings is 4. The molecule has 2 aromatic heterocycles. The van der Waals surface area contributed by atoms with E-state index in [-0.39, 0.29) is 63.4 Å². The van der Waals surface area contributed by atoms with Crippen molar-refractivity contribution < 1.29 is 31.5 Å². The maximum atomic E-state index is 18.9. The molecule has 14 heteroatoms. The van der Waals surface area contributed by atoms with E-state index in [9.17, 15) is 0 Å². The lowest BCUT2D eigenvalue weighted by Crippen LogP contribution is -2.67. The Kier molecular flexibility index (Phi) is 17.3. The number of alkyl halides is 1. The molecule has 0 unspecified atom stereocenters. The molecule has 9 rings (SSSR count). The summed E-state index contributed by atoms with van der Waals surface area (Å²) in [4.78, 5) is 14.6. The number of aromatic nitrogens is 2. The molecular formula is C66H87F3N4O4Si3. The summed E-state index contributed by atoms with van der Waals surface area (Å²) in [5, 5.41) is 3.63. The monoisotopic (exact) mass is 1140 g/mol. The molecule has 428 valence electrons. The minimum Gasteiger partial charge on any atom is -0.543 e. The van der Waals surface area contributed by atoms with Crippen LogP contribution in [0.3, 0.4) is 0 Å². The summed E-state index contributed by atoms with van der Waals surface area (Å²) >= 11 is 0. The van der Waals surface area contributed by atoms with Crippen LogP contribution in [0, 0.1) is 23.1 Å². The van der Waals surface area contributed by atoms with Gasteiger partial charge in [-0.2, -0.15) is 0 Å². The van der Waals surface area contributed by atoms with E-state index in [1.165, 1.54) is 16.4 Å². The molecule has 0 N–H and O–H groups in total. The lowest BCUT2D eigenvalue weighted by atomic mass is 9.95. The third-order valence-electron chi connectivity index (χ3n) is 18.7. The van der Waals surface area contributed by atoms with Gasteiger partial charge in [0.1, 0.15) is 50.2 Å². The predicted octanol–water partition coefficient (Wildman–Crippen LogP) is 15.6. The number of halogens is 3. The summed E-state index contributed by atoms with van der Waals surface area (Å²) in [6.45, 7) is 36.5. The van der Waals surface area contributed by atoms with E-state index < -0.39 is 48.1 Å². The third kappa shape index (κ3) is 10.5. The second-order valence-electron chi connectivity index (χ2n) is 26.1. The summed E-state index contributed by atoms with van der Waals surface area (Å²) in [7, 11) is -7.92. The molecule has 0 saturated carbocycles. The fourth-order valence-corrected chi connectivity index (χ4v) is 30.1. The van der Waals surface area contributed by atoms with Gasteiger partial charge in [-0.25, -0.2) is 23.1 Å². The van der Waals surface area contributed by atoms with Gasteiger partial charge in [0.05, 0.1) is 35.3 Å². The summed E-state index contributed by atoms with van der Waals surface area (Å²) in [6, 6.07) is 30.1. The summed E-state index contributed by atoms with van der Waals surface area (Å²) in [5.41, 5.74) is 6.08. The fourth-order valence-electron chi connectivity index (χ4n) is 15.1. The molecule has 80 heavy (non-hydrogen) atoms. The van der Waals surface area contributed by atoms with Crippen molar-refractivity contribution in [1.82, 2.24) is 14.9 Å². The molecule has 0 amide bonds. The molecule has 0 radical (unpaired) electrons. The Hall–Kier alpha value is -5.18. The molecular weight excluding hydrogens is 1050 g/mol. The SMILES string of the molecule is CC(C)[Si](C#Cc1c(F)ccc2cc(O[Si](C(C)C)(C(C)C)C(C)C)cc(-c3nc4c5c(cc(OC[C@@]67CCCN6C[C@H](F)C7)nc5c3F)N(CCO[Si](c3ccccc3)(c3ccccc3)C(C)(C)C)CCO4)c12)(C(C)C)C(C)C. The van der Waals surface area contributed by atoms with Crippen LogP contribution in [0.25, 0.3) is 32.9 Å². The Morgan fingerprint density at radius 1 is 0.762 bits per heavy atom. The van der Waals surface area contributed by atoms with Crippen LogP contribution < -0.4 is 29.2 Å². The Balaban J connectivity index is 1.26. The van der Waals surface area contributed by atoms with E-state index in [1.807, 2.05) is 30.3 Å². The second-order valence-corrected chi connectivity index (χ2v) is 41.3. The lowest BCUT2D eigenvalue weighted by molar-refractivity contribution is 0.111. The molecule has 6 aromatic rings. The van der Waals surface area contributed by atoms with Crippen molar-refractivity contribution >= 4 is 62.4 Å². The molecule has 0 aliphatic carbocycles. The first-order chi connectivity index (χ1) is 37.9. The van der Waals surface area contributed by atoms with E-state index in [4.69, 9.17) is 28.3 Å². The average Bonchev–Trinajstić information content (AvgIpc) is 3.89. The maximum absolute atomic E-state index is 18.9. The van der Waals surface area contributed by atoms with Gasteiger partial charge in [0.15, 0.2) is 5.82 Å². The van der Waals surface area contributed by atoms with E-state index in [0.29, 0.717) is 82.4 Å². The van der Waals surface area contributed by atoms with Crippen LogP contribution in [0.15, 0.2) is 91.0 Å². The zero-order chi connectivity index (χ0) is 57.7. The zero-order valence-electron chi connectivity index (χ0n) is 50.3. The van der Waals surface area contributed by atoms with Gasteiger partial charge in [-0.15, -0.1) is 5.54 Å². The highest BCUT2D eigenvalue weighted by Gasteiger charge is 2.52. The summed E-state index contributed by atoms with van der Waals surface area (Å²) in [6.07, 6.45) is 1.17. The van der Waals surface area contributed by atoms with Gasteiger partial charge in [0.2, 0.25) is 11.8 Å². The first kappa shape index (κ1) is 59.4. The molecule has 2 fully saturated rings. The number of fused-ring (bicyclic) bond motifs is 2. The van der Waals surface area contributed by atoms with Crippen molar-refractivity contribution in [3.05, 3.63) is 108 Å². The van der Waals surface area contributed by atoms with Gasteiger partial charge in [0, 0.05) is 36.5 Å². The molecule has 3 aliphatic rings. The van der Waals surface area contributed by atoms with Gasteiger partial charge in [0.25, 0.3) is 16.6 Å². The number of ether oxygens (including phenoxy) is 2. The Bertz CT molecular complexity index is 3170. The van der Waals surface area contributed by atoms with E-state index in [2.05, 4.69) is 174 Å². The predicted molar refractivity (Wildman–Crippen MR) is 332 cm³/mol. The van der Waals surface area contributed by atoms with Gasteiger partial charge in [-0.1, -0.05) is 177 Å². The minimum atomic E-state index is -2.94. The van der Waals surface area contributed by atoms with Crippen molar-refractivity contribution in [2.45, 2.75) is 173 Å². The highest BCUT2D eigenvalue weighted by molar-refractivity contribution is 6.99. The average molecular weight is 1140 g/mol. The van der Waals surface area contributed by atoms with E-state index >= 15 is 13.2 Å². The van der Waals surface area contributed by atoms with E-state index in [0.717, 1.165) is 19.4 Å². The van der Waals surface area contributed by atoms with Crippen molar-refractivity contribution in [3.63, 3.8) is 0 Å². The van der Waals surface area contributed by atoms with Gasteiger partial charge < -0.3 is 23.2 Å². The zero-order valence-corrected chi connectivity index (χ0v) is 53.3. The molecule has 2 saturated heterocycles. The lowest BCUT2D eigenvalue weighted by Gasteiger charge is -2.43.